The van der Waals surface area contributed by atoms with Crippen LogP contribution in [0, 0.1) is 0 Å². The minimum atomic E-state index is -4.46. The Labute approximate surface area is 313 Å². The maximum atomic E-state index is 12.9. The van der Waals surface area contributed by atoms with E-state index in [9.17, 15) is 53.8 Å². The summed E-state index contributed by atoms with van der Waals surface area (Å²) in [7, 11) is -13.1. The number of hydrogen-bond acceptors (Lipinski definition) is 10. The molecule has 4 rings (SSSR count). The van der Waals surface area contributed by atoms with Crippen LogP contribution in [0.5, 0.6) is 0 Å². The van der Waals surface area contributed by atoms with Crippen molar-refractivity contribution in [3.8, 4) is 0 Å². The number of fused-ring (bicyclic) bond motifs is 2. The molecule has 16 nitrogen and oxygen atoms in total. The summed E-state index contributed by atoms with van der Waals surface area (Å²) < 4.78 is 98.5. The van der Waals surface area contributed by atoms with Gasteiger partial charge in [0.2, 0.25) is 5.69 Å². The third-order valence-corrected chi connectivity index (χ3v) is 11.5. The molecule has 0 fully saturated rings. The van der Waals surface area contributed by atoms with Crippen molar-refractivity contribution in [2.75, 3.05) is 41.8 Å². The van der Waals surface area contributed by atoms with Crippen LogP contribution in [0.3, 0.4) is 0 Å². The summed E-state index contributed by atoms with van der Waals surface area (Å²) in [5.41, 5.74) is 1.41. The fourth-order valence-electron chi connectivity index (χ4n) is 7.00. The fraction of sp³-hybridized carbons (Fsp3) is 0.371. The number of hydrogen-bond donors (Lipinski definition) is 5. The molecule has 2 aromatic carbocycles. The molecule has 5 N–H and O–H groups in total. The molecule has 0 aliphatic carbocycles. The van der Waals surface area contributed by atoms with Gasteiger partial charge in [0.15, 0.2) is 5.71 Å². The maximum absolute atomic E-state index is 12.9. The fourth-order valence-corrected chi connectivity index (χ4v) is 8.27. The Morgan fingerprint density at radius 1 is 0.852 bits per heavy atom. The highest BCUT2D eigenvalue weighted by molar-refractivity contribution is 7.86. The number of amides is 1. The Bertz CT molecular complexity index is 2340. The van der Waals surface area contributed by atoms with Crippen molar-refractivity contribution < 1.29 is 63.0 Å². The summed E-state index contributed by atoms with van der Waals surface area (Å²) in [5.74, 6) is -3.83. The predicted molar refractivity (Wildman–Crippen MR) is 201 cm³/mol. The summed E-state index contributed by atoms with van der Waals surface area (Å²) >= 11 is 0. The Balaban J connectivity index is 1.75. The molecule has 2 aliphatic rings. The average molecular weight is 809 g/mol. The third kappa shape index (κ3) is 9.57. The van der Waals surface area contributed by atoms with E-state index in [1.165, 1.54) is 18.2 Å². The van der Waals surface area contributed by atoms with Crippen molar-refractivity contribution in [3.05, 3.63) is 94.2 Å². The van der Waals surface area contributed by atoms with Crippen LogP contribution in [0.1, 0.15) is 76.3 Å². The number of anilines is 1. The smallest absolute Gasteiger partial charge is 0.336 e. The van der Waals surface area contributed by atoms with Gasteiger partial charge in [-0.15, -0.1) is 0 Å². The zero-order chi connectivity index (χ0) is 40.4. The summed E-state index contributed by atoms with van der Waals surface area (Å²) in [4.78, 5) is 39.0. The zero-order valence-electron chi connectivity index (χ0n) is 29.9. The quantitative estimate of drug-likeness (QED) is 0.0707. The Kier molecular flexibility index (Phi) is 12.3. The number of nitrogens with zero attached hydrogens (tertiary/aromatic N) is 2. The van der Waals surface area contributed by atoms with Gasteiger partial charge in [-0.05, 0) is 43.7 Å². The Morgan fingerprint density at radius 3 is 2.09 bits per heavy atom. The number of allylic oxidation sites excluding steroid dienone is 6. The molecule has 0 saturated heterocycles. The molecule has 0 atom stereocenters. The van der Waals surface area contributed by atoms with E-state index in [0.717, 1.165) is 0 Å². The van der Waals surface area contributed by atoms with Gasteiger partial charge in [0.1, 0.15) is 12.8 Å². The van der Waals surface area contributed by atoms with E-state index in [1.807, 2.05) is 13.8 Å². The average Bonchev–Trinajstić information content (AvgIpc) is 3.39. The molecule has 2 aliphatic heterocycles. The number of carbonyl (C=O) groups is 3. The van der Waals surface area contributed by atoms with Gasteiger partial charge >= 0.3 is 5.97 Å². The van der Waals surface area contributed by atoms with Crippen molar-refractivity contribution >= 4 is 65.6 Å². The highest BCUT2D eigenvalue weighted by Crippen LogP contribution is 2.49. The normalized spacial score (nSPS) is 17.4. The standard InChI is InChI=1S/C35H41N3O13S3/c1-34(2)28(38(16-19-54(49,50)51)27-21-23(20-24(22-39)30(27)34)32(40)36-14-18-53(46,47)48)12-6-5-7-13-29-35(3,4)31-25(33(41)42)10-8-11-26(31)37(29)15-9-17-52(43,44)45/h5-8,10-13,20-22H,9,14-19H2,1-4H3,(H4-,36,40,41,42,43,44,45,46,47,48,49,50,51)/p+1. The van der Waals surface area contributed by atoms with E-state index in [0.29, 0.717) is 40.2 Å². The highest BCUT2D eigenvalue weighted by Gasteiger charge is 2.47. The van der Waals surface area contributed by atoms with E-state index in [1.54, 1.807) is 65.8 Å². The van der Waals surface area contributed by atoms with Crippen molar-refractivity contribution in [3.63, 3.8) is 0 Å². The first-order valence-corrected chi connectivity index (χ1v) is 21.3. The topological polar surface area (TPSA) is 253 Å². The molecule has 1 amide bonds. The van der Waals surface area contributed by atoms with Crippen LogP contribution in [0.4, 0.5) is 11.4 Å². The summed E-state index contributed by atoms with van der Waals surface area (Å²) in [6.07, 6.45) is 8.98. The van der Waals surface area contributed by atoms with Crippen LogP contribution >= 0.6 is 0 Å². The number of carboxylic acid groups (broad SMARTS) is 1. The van der Waals surface area contributed by atoms with Crippen LogP contribution in [0.15, 0.2) is 66.4 Å². The van der Waals surface area contributed by atoms with Crippen LogP contribution in [-0.4, -0.2) is 109 Å². The van der Waals surface area contributed by atoms with Gasteiger partial charge in [0.05, 0.1) is 33.8 Å². The minimum absolute atomic E-state index is 0.0389. The van der Waals surface area contributed by atoms with Gasteiger partial charge in [-0.1, -0.05) is 38.1 Å². The molecule has 54 heavy (non-hydrogen) atoms. The first-order valence-electron chi connectivity index (χ1n) is 16.5. The van der Waals surface area contributed by atoms with Gasteiger partial charge in [-0.25, -0.2) is 4.79 Å². The minimum Gasteiger partial charge on any atom is -0.478 e. The molecule has 2 aromatic rings. The second-order valence-electron chi connectivity index (χ2n) is 13.8. The van der Waals surface area contributed by atoms with Gasteiger partial charge in [0, 0.05) is 59.6 Å². The predicted octanol–water partition coefficient (Wildman–Crippen LogP) is 3.15. The molecule has 0 unspecified atom stereocenters. The Hall–Kier alpha value is -4.53. The molecular formula is C35H42N3O13S3+. The molecule has 19 heteroatoms. The molecule has 0 bridgehead atoms. The van der Waals surface area contributed by atoms with E-state index in [4.69, 9.17) is 4.55 Å². The van der Waals surface area contributed by atoms with Crippen molar-refractivity contribution in [1.29, 1.82) is 0 Å². The van der Waals surface area contributed by atoms with Crippen molar-refractivity contribution in [1.82, 2.24) is 5.32 Å². The number of benzene rings is 2. The highest BCUT2D eigenvalue weighted by atomic mass is 32.2. The lowest BCUT2D eigenvalue weighted by molar-refractivity contribution is -0.437. The summed E-state index contributed by atoms with van der Waals surface area (Å²) in [6, 6.07) is 7.55. The lowest BCUT2D eigenvalue weighted by Crippen LogP contribution is -2.30. The molecule has 0 saturated carbocycles. The summed E-state index contributed by atoms with van der Waals surface area (Å²) in [5, 5.41) is 12.3. The molecule has 2 heterocycles. The Morgan fingerprint density at radius 2 is 1.50 bits per heavy atom. The number of carbonyl (C=O) groups excluding carboxylic acids is 2. The van der Waals surface area contributed by atoms with Crippen LogP contribution in [-0.2, 0) is 41.2 Å². The van der Waals surface area contributed by atoms with Crippen molar-refractivity contribution in [2.45, 2.75) is 44.9 Å². The molecular weight excluding hydrogens is 767 g/mol. The molecule has 0 radical (unpaired) electrons. The number of carboxylic acids is 1. The lowest BCUT2D eigenvalue weighted by atomic mass is 9.79. The van der Waals surface area contributed by atoms with E-state index in [-0.39, 0.29) is 36.2 Å². The number of aldehydes is 1. The number of nitrogens with one attached hydrogen (secondary N) is 1. The second-order valence-corrected chi connectivity index (χ2v) is 18.5. The van der Waals surface area contributed by atoms with E-state index >= 15 is 0 Å². The van der Waals surface area contributed by atoms with Gasteiger partial charge in [-0.3, -0.25) is 23.2 Å². The molecule has 0 spiro atoms. The van der Waals surface area contributed by atoms with Gasteiger partial charge < -0.3 is 15.3 Å². The SMILES string of the molecule is CC1(C)C(=CC=CC=CC2=[N+](CCCS(=O)(=O)O)c3cccc(C(=O)O)c3C2(C)C)N(CCS(=O)(=O)O)c2cc(C(=O)NCCS(=O)(=O)O)cc(C=O)c21. The van der Waals surface area contributed by atoms with E-state index in [2.05, 4.69) is 5.32 Å². The maximum Gasteiger partial charge on any atom is 0.336 e. The van der Waals surface area contributed by atoms with Gasteiger partial charge in [-0.2, -0.15) is 29.8 Å². The van der Waals surface area contributed by atoms with Crippen molar-refractivity contribution in [2.24, 2.45) is 0 Å². The molecule has 292 valence electrons. The van der Waals surface area contributed by atoms with Crippen LogP contribution < -0.4 is 10.2 Å². The number of aromatic carboxylic acids is 1. The van der Waals surface area contributed by atoms with Crippen LogP contribution in [0.25, 0.3) is 0 Å². The first kappa shape index (κ1) is 42.2. The lowest BCUT2D eigenvalue weighted by Gasteiger charge is -2.26. The van der Waals surface area contributed by atoms with Crippen LogP contribution in [0.2, 0.25) is 0 Å². The second kappa shape index (κ2) is 15.7. The first-order chi connectivity index (χ1) is 24.9. The monoisotopic (exact) mass is 808 g/mol. The van der Waals surface area contributed by atoms with Gasteiger partial charge in [0.25, 0.3) is 36.3 Å². The summed E-state index contributed by atoms with van der Waals surface area (Å²) in [6.45, 7) is 6.71. The third-order valence-electron chi connectivity index (χ3n) is 9.24. The largest absolute Gasteiger partial charge is 0.478 e. The number of rotatable bonds is 16. The van der Waals surface area contributed by atoms with E-state index < -0.39 is 76.9 Å². The zero-order valence-corrected chi connectivity index (χ0v) is 32.3. The molecule has 0 aromatic heterocycles.